The molecule has 2 aliphatic heterocycles. The number of amides is 2. The zero-order chi connectivity index (χ0) is 31.6. The van der Waals surface area contributed by atoms with Gasteiger partial charge in [-0.1, -0.05) is 13.0 Å². The number of rotatable bonds is 10. The van der Waals surface area contributed by atoms with Crippen LogP contribution in [0.15, 0.2) is 33.5 Å². The van der Waals surface area contributed by atoms with Crippen molar-refractivity contribution >= 4 is 47.7 Å². The Morgan fingerprint density at radius 3 is 2.12 bits per heavy atom. The van der Waals surface area contributed by atoms with Crippen molar-refractivity contribution in [1.29, 1.82) is 0 Å². The van der Waals surface area contributed by atoms with Crippen LogP contribution in [0.1, 0.15) is 80.6 Å². The predicted octanol–water partition coefficient (Wildman–Crippen LogP) is 3.36. The molecule has 1 saturated heterocycles. The second-order valence-electron chi connectivity index (χ2n) is 11.0. The summed E-state index contributed by atoms with van der Waals surface area (Å²) in [6.45, 7) is 11.3. The van der Waals surface area contributed by atoms with Gasteiger partial charge in [0.25, 0.3) is 5.91 Å². The average molecular weight is 587 g/mol. The monoisotopic (exact) mass is 586 g/mol. The molecule has 0 spiro atoms. The van der Waals surface area contributed by atoms with Gasteiger partial charge in [0.1, 0.15) is 0 Å². The molecule has 4 heterocycles. The Hall–Kier alpha value is -4.73. The van der Waals surface area contributed by atoms with Crippen molar-refractivity contribution in [2.75, 3.05) is 0 Å². The second-order valence-corrected chi connectivity index (χ2v) is 11.0. The molecule has 2 aromatic rings. The highest BCUT2D eigenvalue weighted by Crippen LogP contribution is 2.29. The van der Waals surface area contributed by atoms with E-state index in [2.05, 4.69) is 20.3 Å². The van der Waals surface area contributed by atoms with Gasteiger partial charge in [0.15, 0.2) is 0 Å². The minimum atomic E-state index is -0.923. The van der Waals surface area contributed by atoms with Crippen molar-refractivity contribution in [2.24, 2.45) is 10.9 Å². The van der Waals surface area contributed by atoms with Gasteiger partial charge in [-0.25, -0.2) is 4.99 Å². The summed E-state index contributed by atoms with van der Waals surface area (Å²) in [5.41, 5.74) is 8.40. The van der Waals surface area contributed by atoms with Gasteiger partial charge in [-0.3, -0.25) is 19.2 Å². The zero-order valence-corrected chi connectivity index (χ0v) is 25.4. The lowest BCUT2D eigenvalue weighted by atomic mass is 10.00. The summed E-state index contributed by atoms with van der Waals surface area (Å²) in [6.07, 6.45) is 8.45. The average Bonchev–Trinajstić information content (AvgIpc) is 3.59. The molecule has 43 heavy (non-hydrogen) atoms. The molecule has 0 saturated carbocycles. The van der Waals surface area contributed by atoms with E-state index in [4.69, 9.17) is 0 Å². The lowest BCUT2D eigenvalue weighted by Crippen LogP contribution is -2.16. The number of hydrogen-bond donors (Lipinski definition) is 5. The maximum Gasteiger partial charge on any atom is 0.303 e. The van der Waals surface area contributed by atoms with Gasteiger partial charge in [-0.15, -0.1) is 0 Å². The van der Waals surface area contributed by atoms with Crippen molar-refractivity contribution in [2.45, 2.75) is 73.6 Å². The zero-order valence-electron chi connectivity index (χ0n) is 25.4. The molecule has 0 bridgehead atoms. The third kappa shape index (κ3) is 6.38. The Morgan fingerprint density at radius 2 is 1.53 bits per heavy atom. The summed E-state index contributed by atoms with van der Waals surface area (Å²) in [6, 6.07) is 0. The van der Waals surface area contributed by atoms with E-state index in [1.807, 2.05) is 65.8 Å². The van der Waals surface area contributed by atoms with Crippen molar-refractivity contribution in [3.8, 4) is 0 Å². The summed E-state index contributed by atoms with van der Waals surface area (Å²) in [5.74, 6) is -2.44. The van der Waals surface area contributed by atoms with Crippen LogP contribution in [0.3, 0.4) is 0 Å². The highest BCUT2D eigenvalue weighted by atomic mass is 16.4. The first-order valence-corrected chi connectivity index (χ1v) is 14.4. The van der Waals surface area contributed by atoms with E-state index < -0.39 is 11.9 Å². The third-order valence-corrected chi connectivity index (χ3v) is 8.35. The summed E-state index contributed by atoms with van der Waals surface area (Å²) in [4.78, 5) is 58.8. The molecule has 0 radical (unpaired) electrons. The van der Waals surface area contributed by atoms with Gasteiger partial charge in [0.05, 0.1) is 11.6 Å². The molecule has 0 aromatic carbocycles. The summed E-state index contributed by atoms with van der Waals surface area (Å²) in [5, 5.41) is 23.2. The number of carboxylic acids is 2. The minimum absolute atomic E-state index is 0.0721. The number of aliphatic carboxylic acids is 2. The van der Waals surface area contributed by atoms with E-state index in [0.29, 0.717) is 39.8 Å². The third-order valence-electron chi connectivity index (χ3n) is 8.35. The van der Waals surface area contributed by atoms with Gasteiger partial charge in [0.2, 0.25) is 5.91 Å². The Bertz CT molecular complexity index is 1780. The van der Waals surface area contributed by atoms with Crippen molar-refractivity contribution in [3.05, 3.63) is 72.8 Å². The molecule has 1 unspecified atom stereocenters. The van der Waals surface area contributed by atoms with Gasteiger partial charge in [-0.2, -0.15) is 0 Å². The smallest absolute Gasteiger partial charge is 0.303 e. The Labute approximate surface area is 249 Å². The number of hydrogen-bond acceptors (Lipinski definition) is 4. The first kappa shape index (κ1) is 31.2. The number of carboxylic acid groups (broad SMARTS) is 2. The first-order valence-electron chi connectivity index (χ1n) is 14.4. The molecule has 2 amide bonds. The number of aliphatic imine (C=N–C) groups is 1. The summed E-state index contributed by atoms with van der Waals surface area (Å²) in [7, 11) is 0. The molecule has 226 valence electrons. The Balaban J connectivity index is 1.91. The van der Waals surface area contributed by atoms with Crippen molar-refractivity contribution < 1.29 is 29.4 Å². The lowest BCUT2D eigenvalue weighted by molar-refractivity contribution is -0.138. The maximum absolute atomic E-state index is 12.3. The number of nitrogens with zero attached hydrogens (tertiary/aromatic N) is 1. The minimum Gasteiger partial charge on any atom is -0.481 e. The van der Waals surface area contributed by atoms with Crippen LogP contribution in [0.2, 0.25) is 0 Å². The van der Waals surface area contributed by atoms with Crippen molar-refractivity contribution in [3.63, 3.8) is 0 Å². The summed E-state index contributed by atoms with van der Waals surface area (Å²) < 4.78 is 0. The van der Waals surface area contributed by atoms with E-state index in [-0.39, 0.29) is 43.4 Å². The van der Waals surface area contributed by atoms with E-state index in [1.165, 1.54) is 0 Å². The highest BCUT2D eigenvalue weighted by molar-refractivity contribution is 6.30. The largest absolute Gasteiger partial charge is 0.481 e. The highest BCUT2D eigenvalue weighted by Gasteiger charge is 2.29. The van der Waals surface area contributed by atoms with E-state index in [9.17, 15) is 29.4 Å². The predicted molar refractivity (Wildman–Crippen MR) is 165 cm³/mol. The van der Waals surface area contributed by atoms with E-state index in [0.717, 1.165) is 39.1 Å². The molecule has 10 heteroatoms. The SMILES string of the molecule is C/C=C1\C(=C\c2[nH]c(/C=c3\[nH]/c(=C\C4=NC(=O)C(CC)=C4C)c(C)c3CCC(=O)O)c(CCC(=O)O)c2C)NC(=O)C1C. The number of carbonyl (C=O) groups is 4. The number of nitrogens with one attached hydrogen (secondary N) is 3. The van der Waals surface area contributed by atoms with Crippen LogP contribution in [0.4, 0.5) is 0 Å². The fraction of sp³-hybridized carbons (Fsp3) is 0.364. The Kier molecular flexibility index (Phi) is 9.18. The molecular weight excluding hydrogens is 548 g/mol. The molecule has 1 atom stereocenters. The molecule has 5 N–H and O–H groups in total. The topological polar surface area (TPSA) is 165 Å². The van der Waals surface area contributed by atoms with Crippen LogP contribution in [-0.4, -0.2) is 49.6 Å². The number of allylic oxidation sites excluding steroid dienone is 3. The molecule has 0 aliphatic carbocycles. The van der Waals surface area contributed by atoms with Gasteiger partial charge in [0, 0.05) is 46.2 Å². The van der Waals surface area contributed by atoms with E-state index in [1.54, 1.807) is 0 Å². The Morgan fingerprint density at radius 1 is 0.884 bits per heavy atom. The molecule has 1 fully saturated rings. The van der Waals surface area contributed by atoms with Crippen LogP contribution in [-0.2, 0) is 32.0 Å². The number of H-pyrrole nitrogens is 2. The normalized spacial score (nSPS) is 19.8. The fourth-order valence-electron chi connectivity index (χ4n) is 5.77. The molecule has 10 nitrogen and oxygen atoms in total. The maximum atomic E-state index is 12.3. The molecular formula is C33H38N4O6. The second kappa shape index (κ2) is 12.6. The van der Waals surface area contributed by atoms with Crippen LogP contribution in [0.5, 0.6) is 0 Å². The van der Waals surface area contributed by atoms with E-state index >= 15 is 0 Å². The fourth-order valence-corrected chi connectivity index (χ4v) is 5.77. The summed E-state index contributed by atoms with van der Waals surface area (Å²) >= 11 is 0. The molecule has 4 rings (SSSR count). The van der Waals surface area contributed by atoms with Crippen LogP contribution < -0.4 is 16.0 Å². The van der Waals surface area contributed by atoms with Crippen molar-refractivity contribution in [1.82, 2.24) is 15.3 Å². The van der Waals surface area contributed by atoms with Crippen LogP contribution in [0, 0.1) is 19.8 Å². The van der Waals surface area contributed by atoms with Crippen LogP contribution >= 0.6 is 0 Å². The molecule has 2 aliphatic rings. The number of aromatic nitrogens is 2. The number of carbonyl (C=O) groups excluding carboxylic acids is 2. The lowest BCUT2D eigenvalue weighted by Gasteiger charge is -2.03. The van der Waals surface area contributed by atoms with Gasteiger partial charge >= 0.3 is 11.9 Å². The first-order chi connectivity index (χ1) is 20.4. The number of aromatic amines is 2. The van der Waals surface area contributed by atoms with Gasteiger partial charge in [-0.05, 0) is 106 Å². The standard InChI is InChI=1S/C33H38N4O6/c1-7-20-19(6)32(42)37-27(20)14-25-18(5)23(10-12-31(40)41)29(35-25)15-28-22(9-11-30(38)39)17(4)24(34-28)13-26-16(3)21(8-2)33(43)36-26/h7,13-15,19,34-35H,8-12H2,1-6H3,(H,37,42)(H,38,39)(H,40,41)/b20-7-,24-13-,27-14-,28-15-. The van der Waals surface area contributed by atoms with Crippen LogP contribution in [0.25, 0.3) is 18.2 Å². The molecule has 2 aromatic heterocycles. The van der Waals surface area contributed by atoms with Gasteiger partial charge < -0.3 is 25.5 Å². The quantitative estimate of drug-likeness (QED) is 0.286.